The zero-order valence-electron chi connectivity index (χ0n) is 15.6. The van der Waals surface area contributed by atoms with Crippen LogP contribution in [0.1, 0.15) is 58.8 Å². The van der Waals surface area contributed by atoms with Gasteiger partial charge in [-0.2, -0.15) is 0 Å². The molecule has 2 spiro atoms. The number of ether oxygens (including phenoxy) is 3. The molecule has 0 aromatic carbocycles. The number of cyclic esters (lactones) is 2. The van der Waals surface area contributed by atoms with Gasteiger partial charge in [0.2, 0.25) is 0 Å². The van der Waals surface area contributed by atoms with Crippen molar-refractivity contribution in [1.82, 2.24) is 0 Å². The molecule has 3 aliphatic heterocycles. The molecule has 6 heteroatoms. The molecular weight excluding hydrogens is 336 g/mol. The molecule has 6 nitrogen and oxygen atoms in total. The van der Waals surface area contributed by atoms with E-state index in [0.29, 0.717) is 32.5 Å². The predicted molar refractivity (Wildman–Crippen MR) is 90.0 cm³/mol. The van der Waals surface area contributed by atoms with Gasteiger partial charge >= 0.3 is 11.9 Å². The van der Waals surface area contributed by atoms with E-state index < -0.39 is 28.1 Å². The van der Waals surface area contributed by atoms with Crippen molar-refractivity contribution in [1.29, 1.82) is 0 Å². The molecule has 7 atom stereocenters. The Morgan fingerprint density at radius 2 is 1.85 bits per heavy atom. The fourth-order valence-corrected chi connectivity index (χ4v) is 7.41. The van der Waals surface area contributed by atoms with Crippen molar-refractivity contribution in [2.75, 3.05) is 13.2 Å². The minimum absolute atomic E-state index is 0.0978. The first-order valence-electron chi connectivity index (χ1n) is 10.0. The van der Waals surface area contributed by atoms with Crippen LogP contribution >= 0.6 is 0 Å². The summed E-state index contributed by atoms with van der Waals surface area (Å²) >= 11 is 0. The van der Waals surface area contributed by atoms with Crippen LogP contribution in [0.4, 0.5) is 0 Å². The van der Waals surface area contributed by atoms with Gasteiger partial charge in [-0.3, -0.25) is 4.79 Å². The maximum absolute atomic E-state index is 12.7. The van der Waals surface area contributed by atoms with Crippen LogP contribution in [-0.2, 0) is 23.8 Å². The Labute approximate surface area is 153 Å². The third kappa shape index (κ3) is 1.71. The van der Waals surface area contributed by atoms with Crippen LogP contribution in [0.25, 0.3) is 0 Å². The molecule has 5 rings (SSSR count). The average Bonchev–Trinajstić information content (AvgIpc) is 3.16. The van der Waals surface area contributed by atoms with E-state index in [0.717, 1.165) is 25.7 Å². The maximum atomic E-state index is 12.7. The van der Waals surface area contributed by atoms with Gasteiger partial charge in [0.05, 0.1) is 23.7 Å². The zero-order valence-corrected chi connectivity index (χ0v) is 15.6. The lowest BCUT2D eigenvalue weighted by Gasteiger charge is -2.67. The Morgan fingerprint density at radius 1 is 1.04 bits per heavy atom. The molecule has 0 aromatic heterocycles. The van der Waals surface area contributed by atoms with Crippen molar-refractivity contribution in [2.45, 2.75) is 76.1 Å². The lowest BCUT2D eigenvalue weighted by Crippen LogP contribution is -2.73. The molecule has 2 saturated carbocycles. The van der Waals surface area contributed by atoms with Crippen molar-refractivity contribution in [3.05, 3.63) is 0 Å². The molecule has 5 fully saturated rings. The molecule has 3 saturated heterocycles. The van der Waals surface area contributed by atoms with Gasteiger partial charge in [0.25, 0.3) is 0 Å². The van der Waals surface area contributed by atoms with Crippen molar-refractivity contribution in [3.63, 3.8) is 0 Å². The highest BCUT2D eigenvalue weighted by molar-refractivity contribution is 5.82. The van der Waals surface area contributed by atoms with Crippen LogP contribution < -0.4 is 0 Å². The van der Waals surface area contributed by atoms with E-state index in [4.69, 9.17) is 14.2 Å². The summed E-state index contributed by atoms with van der Waals surface area (Å²) in [4.78, 5) is 25.1. The van der Waals surface area contributed by atoms with Crippen molar-refractivity contribution in [3.8, 4) is 0 Å². The van der Waals surface area contributed by atoms with E-state index in [9.17, 15) is 14.7 Å². The number of aliphatic hydroxyl groups excluding tert-OH is 1. The topological polar surface area (TPSA) is 82.1 Å². The smallest absolute Gasteiger partial charge is 0.338 e. The third-order valence-electron chi connectivity index (χ3n) is 8.54. The summed E-state index contributed by atoms with van der Waals surface area (Å²) in [5.74, 6) is -0.504. The second-order valence-corrected chi connectivity index (χ2v) is 9.56. The number of aliphatic hydroxyl groups is 1. The van der Waals surface area contributed by atoms with Crippen LogP contribution in [-0.4, -0.2) is 47.6 Å². The van der Waals surface area contributed by atoms with Gasteiger partial charge in [0.15, 0.2) is 5.60 Å². The molecule has 3 heterocycles. The number of carbonyl (C=O) groups is 2. The average molecular weight is 364 g/mol. The number of hydrogen-bond donors (Lipinski definition) is 1. The van der Waals surface area contributed by atoms with Crippen LogP contribution in [0, 0.1) is 22.7 Å². The highest BCUT2D eigenvalue weighted by Crippen LogP contribution is 2.70. The van der Waals surface area contributed by atoms with Crippen molar-refractivity contribution < 1.29 is 28.9 Å². The van der Waals surface area contributed by atoms with E-state index in [1.807, 2.05) is 6.92 Å². The summed E-state index contributed by atoms with van der Waals surface area (Å²) < 4.78 is 17.7. The summed E-state index contributed by atoms with van der Waals surface area (Å²) in [6.45, 7) is 4.78. The molecule has 0 aromatic rings. The molecule has 0 amide bonds. The minimum Gasteiger partial charge on any atom is -0.465 e. The van der Waals surface area contributed by atoms with Crippen LogP contribution in [0.5, 0.6) is 0 Å². The molecule has 0 unspecified atom stereocenters. The van der Waals surface area contributed by atoms with E-state index in [-0.39, 0.29) is 23.8 Å². The van der Waals surface area contributed by atoms with Gasteiger partial charge in [0.1, 0.15) is 6.61 Å². The molecule has 2 aliphatic carbocycles. The van der Waals surface area contributed by atoms with Crippen LogP contribution in [0.2, 0.25) is 0 Å². The van der Waals surface area contributed by atoms with Crippen LogP contribution in [0.3, 0.4) is 0 Å². The fraction of sp³-hybridized carbons (Fsp3) is 0.900. The van der Waals surface area contributed by atoms with Gasteiger partial charge in [-0.1, -0.05) is 13.3 Å². The molecule has 5 aliphatic rings. The maximum Gasteiger partial charge on any atom is 0.338 e. The first-order valence-corrected chi connectivity index (χ1v) is 10.0. The van der Waals surface area contributed by atoms with Gasteiger partial charge in [-0.15, -0.1) is 0 Å². The second-order valence-electron chi connectivity index (χ2n) is 9.56. The molecule has 2 bridgehead atoms. The first kappa shape index (κ1) is 17.0. The fourth-order valence-electron chi connectivity index (χ4n) is 7.41. The standard InChI is InChI=1S/C20H28O6/c1-12-10-13(21)14-17(2)4-3-5-18(14,11-25-15(17)22)20(12)7-6-19(26-20)8-9-24-16(19)23/h12-14,21H,3-11H2,1-2H3/t12-,13-,14-,17+,18-,19-,20-/m1/s1. The van der Waals surface area contributed by atoms with Crippen molar-refractivity contribution >= 4 is 11.9 Å². The SMILES string of the molecule is C[C@@H]1C[C@@H](O)[C@H]2[C@]3(CCC[C@]2(C)C(=O)OC3)[C@@]12CC[C@]1(CCOC1=O)O2. The van der Waals surface area contributed by atoms with Gasteiger partial charge in [-0.05, 0) is 44.9 Å². The monoisotopic (exact) mass is 364 g/mol. The minimum atomic E-state index is -0.842. The molecule has 1 N–H and O–H groups in total. The van der Waals surface area contributed by atoms with Crippen molar-refractivity contribution in [2.24, 2.45) is 22.7 Å². The lowest BCUT2D eigenvalue weighted by atomic mass is 9.42. The largest absolute Gasteiger partial charge is 0.465 e. The number of carbonyl (C=O) groups excluding carboxylic acids is 2. The summed E-state index contributed by atoms with van der Waals surface area (Å²) in [6.07, 6.45) is 4.61. The van der Waals surface area contributed by atoms with Gasteiger partial charge in [0, 0.05) is 17.8 Å². The quantitative estimate of drug-likeness (QED) is 0.662. The summed E-state index contributed by atoms with van der Waals surface area (Å²) in [6, 6.07) is 0. The molecular formula is C20H28O6. The summed E-state index contributed by atoms with van der Waals surface area (Å²) in [5, 5.41) is 11.1. The Hall–Kier alpha value is -1.14. The van der Waals surface area contributed by atoms with Crippen LogP contribution in [0.15, 0.2) is 0 Å². The summed E-state index contributed by atoms with van der Waals surface area (Å²) in [7, 11) is 0. The Bertz CT molecular complexity index is 677. The van der Waals surface area contributed by atoms with E-state index in [1.165, 1.54) is 0 Å². The molecule has 144 valence electrons. The Kier molecular flexibility index (Phi) is 3.28. The van der Waals surface area contributed by atoms with E-state index >= 15 is 0 Å². The Morgan fingerprint density at radius 3 is 2.58 bits per heavy atom. The summed E-state index contributed by atoms with van der Waals surface area (Å²) in [5.41, 5.74) is -2.47. The predicted octanol–water partition coefficient (Wildman–Crippen LogP) is 1.97. The number of rotatable bonds is 0. The normalized spacial score (nSPS) is 55.7. The highest BCUT2D eigenvalue weighted by atomic mass is 16.6. The third-order valence-corrected chi connectivity index (χ3v) is 8.54. The Balaban J connectivity index is 1.64. The lowest BCUT2D eigenvalue weighted by molar-refractivity contribution is -0.302. The zero-order chi connectivity index (χ0) is 18.4. The second kappa shape index (κ2) is 5.02. The van der Waals surface area contributed by atoms with Gasteiger partial charge in [-0.25, -0.2) is 4.79 Å². The first-order chi connectivity index (χ1) is 12.3. The van der Waals surface area contributed by atoms with E-state index in [1.54, 1.807) is 0 Å². The molecule has 26 heavy (non-hydrogen) atoms. The van der Waals surface area contributed by atoms with Gasteiger partial charge < -0.3 is 19.3 Å². The molecule has 0 radical (unpaired) electrons. The number of esters is 2. The van der Waals surface area contributed by atoms with E-state index in [2.05, 4.69) is 6.92 Å². The number of hydrogen-bond acceptors (Lipinski definition) is 6. The highest BCUT2D eigenvalue weighted by Gasteiger charge is 2.76.